The molecule has 2 N–H and O–H groups in total. The molecule has 3 heterocycles. The maximum atomic E-state index is 13.5. The second-order valence-electron chi connectivity index (χ2n) is 7.21. The van der Waals surface area contributed by atoms with E-state index in [0.29, 0.717) is 25.5 Å². The number of hydrogen-bond donors (Lipinski definition) is 2. The third-order valence-corrected chi connectivity index (χ3v) is 5.32. The van der Waals surface area contributed by atoms with Gasteiger partial charge < -0.3 is 23.9 Å². The molecule has 1 unspecified atom stereocenters. The summed E-state index contributed by atoms with van der Waals surface area (Å²) in [6, 6.07) is 14.5. The lowest BCUT2D eigenvalue weighted by Crippen LogP contribution is -3.12. The van der Waals surface area contributed by atoms with Gasteiger partial charge in [-0.1, -0.05) is 0 Å². The van der Waals surface area contributed by atoms with Crippen molar-refractivity contribution in [1.29, 1.82) is 0 Å². The average molecular weight is 398 g/mol. The number of fused-ring (bicyclic) bond motifs is 1. The Morgan fingerprint density at radius 3 is 2.90 bits per heavy atom. The highest BCUT2D eigenvalue weighted by molar-refractivity contribution is 5.91. The molecule has 0 saturated carbocycles. The molecule has 152 valence electrons. The second-order valence-corrected chi connectivity index (χ2v) is 7.21. The molecule has 1 amide bonds. The van der Waals surface area contributed by atoms with E-state index in [2.05, 4.69) is 22.1 Å². The Morgan fingerprint density at radius 2 is 2.10 bits per heavy atom. The largest absolute Gasteiger partial charge is 0.450 e. The van der Waals surface area contributed by atoms with Crippen LogP contribution in [0.15, 0.2) is 59.1 Å². The van der Waals surface area contributed by atoms with E-state index in [-0.39, 0.29) is 17.8 Å². The van der Waals surface area contributed by atoms with Crippen molar-refractivity contribution in [2.45, 2.75) is 19.1 Å². The summed E-state index contributed by atoms with van der Waals surface area (Å²) in [7, 11) is 1.59. The highest BCUT2D eigenvalue weighted by Gasteiger charge is 2.33. The number of furan rings is 1. The molecule has 1 aliphatic heterocycles. The highest BCUT2D eigenvalue weighted by Crippen LogP contribution is 2.23. The molecule has 0 aliphatic carbocycles. The molecule has 0 radical (unpaired) electrons. The Kier molecular flexibility index (Phi) is 5.78. The number of amides is 1. The van der Waals surface area contributed by atoms with Crippen LogP contribution >= 0.6 is 0 Å². The van der Waals surface area contributed by atoms with Crippen molar-refractivity contribution in [3.63, 3.8) is 0 Å². The van der Waals surface area contributed by atoms with E-state index in [1.54, 1.807) is 13.2 Å². The Balaban J connectivity index is 1.53. The lowest BCUT2D eigenvalue weighted by Gasteiger charge is -2.33. The fourth-order valence-corrected chi connectivity index (χ4v) is 3.94. The summed E-state index contributed by atoms with van der Waals surface area (Å²) in [5, 5.41) is 2.76. The van der Waals surface area contributed by atoms with E-state index >= 15 is 0 Å². The molecule has 1 aliphatic rings. The maximum absolute atomic E-state index is 13.5. The number of quaternary nitrogens is 1. The summed E-state index contributed by atoms with van der Waals surface area (Å²) in [5.74, 6) is 0.570. The maximum Gasteiger partial charge on any atom is 0.287 e. The first kappa shape index (κ1) is 19.4. The quantitative estimate of drug-likeness (QED) is 0.597. The van der Waals surface area contributed by atoms with E-state index in [1.165, 1.54) is 22.7 Å². The number of ether oxygens (including phenoxy) is 1. The normalized spacial score (nSPS) is 18.4. The van der Waals surface area contributed by atoms with Gasteiger partial charge in [0, 0.05) is 25.4 Å². The molecule has 3 aromatic rings. The number of nitrogens with one attached hydrogen (secondary N) is 2. The van der Waals surface area contributed by atoms with Crippen LogP contribution in [0.4, 0.5) is 4.39 Å². The van der Waals surface area contributed by atoms with Crippen LogP contribution in [0, 0.1) is 5.82 Å². The van der Waals surface area contributed by atoms with Crippen LogP contribution in [0.1, 0.15) is 33.6 Å². The van der Waals surface area contributed by atoms with Gasteiger partial charge >= 0.3 is 0 Å². The van der Waals surface area contributed by atoms with E-state index in [9.17, 15) is 9.18 Å². The fraction of sp³-hybridized carbons (Fsp3) is 0.318. The molecule has 6 nitrogen and oxygen atoms in total. The molecule has 29 heavy (non-hydrogen) atoms. The number of rotatable bonds is 7. The molecule has 0 saturated heterocycles. The van der Waals surface area contributed by atoms with E-state index in [0.717, 1.165) is 24.4 Å². The van der Waals surface area contributed by atoms with Gasteiger partial charge in [-0.15, -0.1) is 0 Å². The number of carbonyl (C=O) groups excluding carboxylic acids is 1. The average Bonchev–Trinajstić information content (AvgIpc) is 3.38. The van der Waals surface area contributed by atoms with Gasteiger partial charge in [-0.2, -0.15) is 0 Å². The predicted molar refractivity (Wildman–Crippen MR) is 105 cm³/mol. The van der Waals surface area contributed by atoms with Gasteiger partial charge in [0.2, 0.25) is 0 Å². The lowest BCUT2D eigenvalue weighted by atomic mass is 9.99. The minimum absolute atomic E-state index is 0.0726. The molecule has 4 rings (SSSR count). The Hall–Kier alpha value is -2.90. The zero-order valence-corrected chi connectivity index (χ0v) is 16.4. The van der Waals surface area contributed by atoms with Crippen LogP contribution in [0.25, 0.3) is 0 Å². The molecule has 1 aromatic carbocycles. The number of carbonyl (C=O) groups is 1. The summed E-state index contributed by atoms with van der Waals surface area (Å²) in [4.78, 5) is 13.5. The second kappa shape index (κ2) is 8.63. The van der Waals surface area contributed by atoms with Crippen LogP contribution in [0.2, 0.25) is 0 Å². The summed E-state index contributed by atoms with van der Waals surface area (Å²) in [6.45, 7) is 3.33. The molecule has 0 spiro atoms. The van der Waals surface area contributed by atoms with Crippen LogP contribution in [-0.2, 0) is 17.8 Å². The number of benzene rings is 1. The molecule has 2 aromatic heterocycles. The molecule has 2 atom stereocenters. The number of methoxy groups -OCH3 is 1. The van der Waals surface area contributed by atoms with Crippen LogP contribution in [0.3, 0.4) is 0 Å². The predicted octanol–water partition coefficient (Wildman–Crippen LogP) is 1.78. The molecular formula is C22H25FN3O3+. The minimum Gasteiger partial charge on any atom is -0.450 e. The van der Waals surface area contributed by atoms with Gasteiger partial charge in [0.05, 0.1) is 25.4 Å². The summed E-state index contributed by atoms with van der Waals surface area (Å²) in [6.07, 6.45) is 2.08. The standard InChI is InChI=1S/C22H24FN3O3/c1-28-14-10-24-22(27)20-9-8-18(29-20)15-26-13-12-25-11-2-3-19(25)21(26)16-4-6-17(23)7-5-16/h2-9,11,21H,10,12-15H2,1H3,(H,24,27)/p+1/t21-/m0/s1. The first-order chi connectivity index (χ1) is 14.2. The third kappa shape index (κ3) is 4.26. The highest BCUT2D eigenvalue weighted by atomic mass is 19.1. The molecule has 7 heteroatoms. The van der Waals surface area contributed by atoms with E-state index in [1.807, 2.05) is 24.3 Å². The van der Waals surface area contributed by atoms with E-state index in [4.69, 9.17) is 9.15 Å². The lowest BCUT2D eigenvalue weighted by molar-refractivity contribution is -0.944. The minimum atomic E-state index is -0.245. The summed E-state index contributed by atoms with van der Waals surface area (Å²) >= 11 is 0. The number of halogens is 1. The Bertz CT molecular complexity index is 964. The van der Waals surface area contributed by atoms with Crippen molar-refractivity contribution in [3.05, 3.63) is 83.3 Å². The monoisotopic (exact) mass is 398 g/mol. The van der Waals surface area contributed by atoms with E-state index < -0.39 is 0 Å². The van der Waals surface area contributed by atoms with Gasteiger partial charge in [-0.05, 0) is 48.5 Å². The number of nitrogens with zero attached hydrogens (tertiary/aromatic N) is 1. The summed E-state index contributed by atoms with van der Waals surface area (Å²) < 4.78 is 26.4. The van der Waals surface area contributed by atoms with Crippen molar-refractivity contribution < 1.29 is 23.2 Å². The number of hydrogen-bond acceptors (Lipinski definition) is 3. The van der Waals surface area contributed by atoms with Gasteiger partial charge in [0.15, 0.2) is 17.6 Å². The van der Waals surface area contributed by atoms with Gasteiger partial charge in [0.1, 0.15) is 12.4 Å². The van der Waals surface area contributed by atoms with Crippen LogP contribution < -0.4 is 10.2 Å². The molecule has 0 fully saturated rings. The van der Waals surface area contributed by atoms with Gasteiger partial charge in [0.25, 0.3) is 5.91 Å². The first-order valence-electron chi connectivity index (χ1n) is 9.76. The van der Waals surface area contributed by atoms with Gasteiger partial charge in [-0.25, -0.2) is 4.39 Å². The Morgan fingerprint density at radius 1 is 1.28 bits per heavy atom. The third-order valence-electron chi connectivity index (χ3n) is 5.32. The van der Waals surface area contributed by atoms with Crippen LogP contribution in [-0.4, -0.2) is 37.3 Å². The first-order valence-corrected chi connectivity index (χ1v) is 9.76. The zero-order chi connectivity index (χ0) is 20.2. The van der Waals surface area contributed by atoms with Crippen molar-refractivity contribution in [2.24, 2.45) is 0 Å². The number of aromatic nitrogens is 1. The molecular weight excluding hydrogens is 373 g/mol. The zero-order valence-electron chi connectivity index (χ0n) is 16.4. The van der Waals surface area contributed by atoms with Crippen molar-refractivity contribution in [2.75, 3.05) is 26.8 Å². The Labute approximate surface area is 168 Å². The van der Waals surface area contributed by atoms with Crippen LogP contribution in [0.5, 0.6) is 0 Å². The topological polar surface area (TPSA) is 60.8 Å². The fourth-order valence-electron chi connectivity index (χ4n) is 3.94. The van der Waals surface area contributed by atoms with Crippen molar-refractivity contribution in [1.82, 2.24) is 9.88 Å². The van der Waals surface area contributed by atoms with Crippen molar-refractivity contribution in [3.8, 4) is 0 Å². The van der Waals surface area contributed by atoms with Crippen molar-refractivity contribution >= 4 is 5.91 Å². The smallest absolute Gasteiger partial charge is 0.287 e. The summed E-state index contributed by atoms with van der Waals surface area (Å²) in [5.41, 5.74) is 2.26. The SMILES string of the molecule is COCCNC(=O)c1ccc(C[NH+]2CCn3cccc3[C@@H]2c2ccc(F)cc2)o1. The van der Waals surface area contributed by atoms with Gasteiger partial charge in [-0.3, -0.25) is 4.79 Å². The molecule has 0 bridgehead atoms.